The van der Waals surface area contributed by atoms with Crippen LogP contribution in [0.1, 0.15) is 53.9 Å². The fourth-order valence-corrected chi connectivity index (χ4v) is 5.65. The molecule has 1 saturated heterocycles. The number of nitrogens with zero attached hydrogens (tertiary/aromatic N) is 3. The van der Waals surface area contributed by atoms with Gasteiger partial charge in [-0.15, -0.1) is 11.3 Å². The van der Waals surface area contributed by atoms with Crippen molar-refractivity contribution in [2.75, 3.05) is 18.0 Å². The molecule has 1 aromatic carbocycles. The van der Waals surface area contributed by atoms with E-state index in [0.29, 0.717) is 0 Å². The number of fused-ring (bicyclic) bond motifs is 3. The zero-order valence-electron chi connectivity index (χ0n) is 15.2. The van der Waals surface area contributed by atoms with Crippen molar-refractivity contribution in [2.45, 2.75) is 51.4 Å². The lowest BCUT2D eigenvalue weighted by Gasteiger charge is -2.19. The number of hydrogen-bond acceptors (Lipinski definition) is 4. The largest absolute Gasteiger partial charge is 0.356 e. The van der Waals surface area contributed by atoms with Crippen LogP contribution in [0.15, 0.2) is 30.3 Å². The summed E-state index contributed by atoms with van der Waals surface area (Å²) < 4.78 is 0. The van der Waals surface area contributed by atoms with Gasteiger partial charge in [0.05, 0.1) is 5.39 Å². The van der Waals surface area contributed by atoms with Crippen LogP contribution >= 0.6 is 11.3 Å². The zero-order chi connectivity index (χ0) is 17.3. The summed E-state index contributed by atoms with van der Waals surface area (Å²) in [6.45, 7) is 2.28. The van der Waals surface area contributed by atoms with E-state index in [1.165, 1.54) is 66.5 Å². The summed E-state index contributed by atoms with van der Waals surface area (Å²) in [5.41, 5.74) is 2.85. The van der Waals surface area contributed by atoms with Gasteiger partial charge in [-0.3, -0.25) is 0 Å². The van der Waals surface area contributed by atoms with E-state index in [1.54, 1.807) is 10.4 Å². The number of benzene rings is 1. The molecule has 2 aromatic heterocycles. The molecule has 2 aliphatic rings. The number of hydrogen-bond donors (Lipinski definition) is 0. The van der Waals surface area contributed by atoms with Crippen LogP contribution < -0.4 is 4.90 Å². The maximum absolute atomic E-state index is 5.11. The van der Waals surface area contributed by atoms with E-state index in [-0.39, 0.29) is 0 Å². The Morgan fingerprint density at radius 3 is 2.54 bits per heavy atom. The third kappa shape index (κ3) is 3.01. The predicted octanol–water partition coefficient (Wildman–Crippen LogP) is 5.15. The summed E-state index contributed by atoms with van der Waals surface area (Å²) in [6.07, 6.45) is 9.81. The lowest BCUT2D eigenvalue weighted by atomic mass is 10.1. The average molecular weight is 364 g/mol. The van der Waals surface area contributed by atoms with Gasteiger partial charge < -0.3 is 4.90 Å². The van der Waals surface area contributed by atoms with Gasteiger partial charge in [0.2, 0.25) is 0 Å². The Labute approximate surface area is 159 Å². The average Bonchev–Trinajstić information content (AvgIpc) is 3.25. The summed E-state index contributed by atoms with van der Waals surface area (Å²) in [6, 6.07) is 10.6. The van der Waals surface area contributed by atoms with E-state index >= 15 is 0 Å². The van der Waals surface area contributed by atoms with Crippen molar-refractivity contribution in [2.24, 2.45) is 0 Å². The number of thiophene rings is 1. The molecule has 1 aliphatic carbocycles. The number of anilines is 1. The molecular formula is C22H25N3S. The Bertz CT molecular complexity index is 910. The van der Waals surface area contributed by atoms with Crippen LogP contribution in [0.5, 0.6) is 0 Å². The van der Waals surface area contributed by atoms with Crippen molar-refractivity contribution in [1.29, 1.82) is 0 Å². The van der Waals surface area contributed by atoms with Crippen molar-refractivity contribution < 1.29 is 0 Å². The van der Waals surface area contributed by atoms with Crippen molar-refractivity contribution >= 4 is 27.4 Å². The summed E-state index contributed by atoms with van der Waals surface area (Å²) in [7, 11) is 0. The first kappa shape index (κ1) is 16.2. The number of rotatable bonds is 3. The molecule has 0 spiro atoms. The highest BCUT2D eigenvalue weighted by Gasteiger charge is 2.24. The third-order valence-corrected chi connectivity index (χ3v) is 6.89. The minimum absolute atomic E-state index is 0.820. The Kier molecular flexibility index (Phi) is 4.37. The highest BCUT2D eigenvalue weighted by atomic mass is 32.1. The van der Waals surface area contributed by atoms with Crippen LogP contribution in [0.2, 0.25) is 0 Å². The van der Waals surface area contributed by atoms with E-state index < -0.39 is 0 Å². The first-order chi connectivity index (χ1) is 12.9. The van der Waals surface area contributed by atoms with Gasteiger partial charge in [-0.25, -0.2) is 9.97 Å². The Hall–Kier alpha value is -1.94. The van der Waals surface area contributed by atoms with E-state index in [9.17, 15) is 0 Å². The second-order valence-electron chi connectivity index (χ2n) is 7.56. The van der Waals surface area contributed by atoms with Gasteiger partial charge >= 0.3 is 0 Å². The highest BCUT2D eigenvalue weighted by molar-refractivity contribution is 7.19. The molecule has 1 aliphatic heterocycles. The van der Waals surface area contributed by atoms with Gasteiger partial charge in [0, 0.05) is 24.4 Å². The van der Waals surface area contributed by atoms with Crippen LogP contribution in [-0.4, -0.2) is 23.1 Å². The fourth-order valence-electron chi connectivity index (χ4n) is 4.37. The molecule has 0 saturated carbocycles. The van der Waals surface area contributed by atoms with Crippen molar-refractivity contribution in [3.05, 3.63) is 52.2 Å². The smallest absolute Gasteiger partial charge is 0.141 e. The van der Waals surface area contributed by atoms with Gasteiger partial charge in [0.1, 0.15) is 16.5 Å². The molecular weight excluding hydrogens is 338 g/mol. The van der Waals surface area contributed by atoms with Crippen LogP contribution in [0.4, 0.5) is 5.82 Å². The zero-order valence-corrected chi connectivity index (χ0v) is 16.0. The molecule has 0 bridgehead atoms. The quantitative estimate of drug-likeness (QED) is 0.603. The van der Waals surface area contributed by atoms with Gasteiger partial charge in [-0.05, 0) is 49.7 Å². The Morgan fingerprint density at radius 1 is 0.885 bits per heavy atom. The molecule has 26 heavy (non-hydrogen) atoms. The van der Waals surface area contributed by atoms with Crippen molar-refractivity contribution in [3.8, 4) is 0 Å². The van der Waals surface area contributed by atoms with E-state index in [0.717, 1.165) is 25.3 Å². The summed E-state index contributed by atoms with van der Waals surface area (Å²) >= 11 is 1.93. The number of aromatic nitrogens is 2. The molecule has 3 aromatic rings. The summed E-state index contributed by atoms with van der Waals surface area (Å²) in [5, 5.41) is 1.38. The van der Waals surface area contributed by atoms with Crippen LogP contribution in [0.25, 0.3) is 10.2 Å². The van der Waals surface area contributed by atoms with E-state index in [2.05, 4.69) is 35.2 Å². The van der Waals surface area contributed by atoms with Crippen LogP contribution in [-0.2, 0) is 19.3 Å². The lowest BCUT2D eigenvalue weighted by Crippen LogP contribution is -2.20. The highest BCUT2D eigenvalue weighted by Crippen LogP contribution is 2.40. The molecule has 4 heteroatoms. The first-order valence-electron chi connectivity index (χ1n) is 9.98. The van der Waals surface area contributed by atoms with E-state index in [1.807, 2.05) is 11.3 Å². The lowest BCUT2D eigenvalue weighted by molar-refractivity contribution is 0.713. The van der Waals surface area contributed by atoms with Gasteiger partial charge in [-0.2, -0.15) is 0 Å². The molecule has 1 fully saturated rings. The molecule has 3 nitrogen and oxygen atoms in total. The van der Waals surface area contributed by atoms with Gasteiger partial charge in [0.25, 0.3) is 0 Å². The first-order valence-corrected chi connectivity index (χ1v) is 10.8. The third-order valence-electron chi connectivity index (χ3n) is 5.70. The SMILES string of the molecule is c1ccc(Cc2nc(N3CCCC3)c3c4c(sc3n2)CCCCC4)cc1. The van der Waals surface area contributed by atoms with Crippen molar-refractivity contribution in [1.82, 2.24) is 9.97 Å². The minimum atomic E-state index is 0.820. The van der Waals surface area contributed by atoms with Gasteiger partial charge in [0.15, 0.2) is 0 Å². The molecule has 0 amide bonds. The Morgan fingerprint density at radius 2 is 1.69 bits per heavy atom. The molecule has 0 N–H and O–H groups in total. The van der Waals surface area contributed by atoms with Crippen LogP contribution in [0.3, 0.4) is 0 Å². The van der Waals surface area contributed by atoms with Crippen molar-refractivity contribution in [3.63, 3.8) is 0 Å². The minimum Gasteiger partial charge on any atom is -0.356 e. The maximum atomic E-state index is 5.11. The molecule has 3 heterocycles. The summed E-state index contributed by atoms with van der Waals surface area (Å²) in [5.74, 6) is 2.19. The van der Waals surface area contributed by atoms with Crippen LogP contribution in [0, 0.1) is 0 Å². The second kappa shape index (κ2) is 6.99. The summed E-state index contributed by atoms with van der Waals surface area (Å²) in [4.78, 5) is 15.4. The topological polar surface area (TPSA) is 29.0 Å². The second-order valence-corrected chi connectivity index (χ2v) is 8.65. The Balaban J connectivity index is 1.64. The molecule has 0 radical (unpaired) electrons. The molecule has 0 unspecified atom stereocenters. The normalized spacial score (nSPS) is 17.5. The van der Waals surface area contributed by atoms with E-state index in [4.69, 9.17) is 9.97 Å². The van der Waals surface area contributed by atoms with Gasteiger partial charge in [-0.1, -0.05) is 36.8 Å². The molecule has 0 atom stereocenters. The fraction of sp³-hybridized carbons (Fsp3) is 0.455. The monoisotopic (exact) mass is 363 g/mol. The predicted molar refractivity (Wildman–Crippen MR) is 109 cm³/mol. The molecule has 5 rings (SSSR count). The number of aryl methyl sites for hydroxylation is 2. The maximum Gasteiger partial charge on any atom is 0.141 e. The standard InChI is InChI=1S/C22H25N3S/c1-3-9-16(10-4-1)15-19-23-21(25-13-7-8-14-25)20-17-11-5-2-6-12-18(17)26-22(20)24-19/h1,3-4,9-10H,2,5-8,11-15H2. The molecule has 134 valence electrons.